The molecule has 0 saturated carbocycles. The first-order valence-corrected chi connectivity index (χ1v) is 8.16. The Kier molecular flexibility index (Phi) is 6.44. The number of carbonyl (C=O) groups is 2. The summed E-state index contributed by atoms with van der Waals surface area (Å²) >= 11 is 0. The summed E-state index contributed by atoms with van der Waals surface area (Å²) in [5.74, 6) is -0.331. The molecule has 0 aromatic heterocycles. The third-order valence-electron chi connectivity index (χ3n) is 3.68. The molecule has 0 atom stereocenters. The van der Waals surface area contributed by atoms with Crippen molar-refractivity contribution in [3.8, 4) is 0 Å². The van der Waals surface area contributed by atoms with E-state index in [1.807, 2.05) is 0 Å². The van der Waals surface area contributed by atoms with Crippen LogP contribution < -0.4 is 5.32 Å². The maximum absolute atomic E-state index is 12.6. The number of hydrogen-bond acceptors (Lipinski definition) is 3. The molecule has 0 aliphatic carbocycles. The highest BCUT2D eigenvalue weighted by Gasteiger charge is 2.30. The van der Waals surface area contributed by atoms with Crippen LogP contribution >= 0.6 is 0 Å². The standard InChI is InChI=1S/C19H19F3N2O3/c1-3-27-18(26)23-16-6-4-5-14(11-16)17(25)24(2)12-13-7-9-15(10-8-13)19(20,21)22/h4-11H,3,12H2,1-2H3,(H,23,26). The summed E-state index contributed by atoms with van der Waals surface area (Å²) < 4.78 is 42.6. The van der Waals surface area contributed by atoms with E-state index < -0.39 is 17.8 Å². The summed E-state index contributed by atoms with van der Waals surface area (Å²) in [5.41, 5.74) is 0.568. The van der Waals surface area contributed by atoms with Crippen LogP contribution in [0.4, 0.5) is 23.7 Å². The Balaban J connectivity index is 2.05. The molecule has 0 unspecified atom stereocenters. The van der Waals surface area contributed by atoms with Crippen LogP contribution in [-0.4, -0.2) is 30.6 Å². The molecular weight excluding hydrogens is 361 g/mol. The number of nitrogens with one attached hydrogen (secondary N) is 1. The first-order valence-electron chi connectivity index (χ1n) is 8.16. The molecule has 0 fully saturated rings. The molecular formula is C19H19F3N2O3. The van der Waals surface area contributed by atoms with Crippen LogP contribution in [0, 0.1) is 0 Å². The van der Waals surface area contributed by atoms with Crippen molar-refractivity contribution >= 4 is 17.7 Å². The molecule has 0 aliphatic rings. The van der Waals surface area contributed by atoms with Gasteiger partial charge in [-0.2, -0.15) is 13.2 Å². The summed E-state index contributed by atoms with van der Waals surface area (Å²) in [5, 5.41) is 2.51. The molecule has 0 radical (unpaired) electrons. The topological polar surface area (TPSA) is 58.6 Å². The number of rotatable bonds is 5. The van der Waals surface area contributed by atoms with Gasteiger partial charge in [-0.25, -0.2) is 4.79 Å². The van der Waals surface area contributed by atoms with Gasteiger partial charge in [0, 0.05) is 24.8 Å². The van der Waals surface area contributed by atoms with Crippen LogP contribution in [0.15, 0.2) is 48.5 Å². The molecule has 0 bridgehead atoms. The van der Waals surface area contributed by atoms with Crippen molar-refractivity contribution in [2.45, 2.75) is 19.6 Å². The van der Waals surface area contributed by atoms with Gasteiger partial charge in [0.05, 0.1) is 12.2 Å². The van der Waals surface area contributed by atoms with Gasteiger partial charge in [0.2, 0.25) is 0 Å². The molecule has 144 valence electrons. The first-order chi connectivity index (χ1) is 12.7. The van der Waals surface area contributed by atoms with Gasteiger partial charge in [0.1, 0.15) is 0 Å². The Labute approximate surface area is 154 Å². The summed E-state index contributed by atoms with van der Waals surface area (Å²) in [4.78, 5) is 25.4. The predicted molar refractivity (Wildman–Crippen MR) is 94.3 cm³/mol. The lowest BCUT2D eigenvalue weighted by molar-refractivity contribution is -0.137. The molecule has 1 N–H and O–H groups in total. The smallest absolute Gasteiger partial charge is 0.416 e. The molecule has 0 saturated heterocycles. The SMILES string of the molecule is CCOC(=O)Nc1cccc(C(=O)N(C)Cc2ccc(C(F)(F)F)cc2)c1. The van der Waals surface area contributed by atoms with Crippen molar-refractivity contribution in [1.29, 1.82) is 0 Å². The van der Waals surface area contributed by atoms with Gasteiger partial charge in [-0.05, 0) is 42.8 Å². The Morgan fingerprint density at radius 2 is 1.78 bits per heavy atom. The zero-order valence-electron chi connectivity index (χ0n) is 14.8. The quantitative estimate of drug-likeness (QED) is 0.828. The van der Waals surface area contributed by atoms with Crippen LogP contribution in [-0.2, 0) is 17.5 Å². The van der Waals surface area contributed by atoms with Crippen LogP contribution in [0.5, 0.6) is 0 Å². The van der Waals surface area contributed by atoms with Gasteiger partial charge in [-0.15, -0.1) is 0 Å². The molecule has 0 heterocycles. The molecule has 2 rings (SSSR count). The third-order valence-corrected chi connectivity index (χ3v) is 3.68. The van der Waals surface area contributed by atoms with Crippen molar-refractivity contribution in [3.05, 3.63) is 65.2 Å². The van der Waals surface area contributed by atoms with E-state index in [1.165, 1.54) is 23.1 Å². The van der Waals surface area contributed by atoms with E-state index in [0.29, 0.717) is 16.8 Å². The number of carbonyl (C=O) groups excluding carboxylic acids is 2. The van der Waals surface area contributed by atoms with Crippen molar-refractivity contribution in [1.82, 2.24) is 4.90 Å². The minimum absolute atomic E-state index is 0.145. The lowest BCUT2D eigenvalue weighted by atomic mass is 10.1. The highest BCUT2D eigenvalue weighted by Crippen LogP contribution is 2.29. The summed E-state index contributed by atoms with van der Waals surface area (Å²) in [6.07, 6.45) is -5.02. The van der Waals surface area contributed by atoms with Gasteiger partial charge >= 0.3 is 12.3 Å². The van der Waals surface area contributed by atoms with Gasteiger partial charge in [-0.1, -0.05) is 18.2 Å². The predicted octanol–water partition coefficient (Wildman–Crippen LogP) is 4.55. The maximum Gasteiger partial charge on any atom is 0.416 e. The lowest BCUT2D eigenvalue weighted by Crippen LogP contribution is -2.26. The fourth-order valence-corrected chi connectivity index (χ4v) is 2.38. The number of alkyl halides is 3. The second-order valence-corrected chi connectivity index (χ2v) is 5.78. The van der Waals surface area contributed by atoms with Crippen LogP contribution in [0.1, 0.15) is 28.4 Å². The van der Waals surface area contributed by atoms with Gasteiger partial charge in [0.25, 0.3) is 5.91 Å². The Hall–Kier alpha value is -3.03. The summed E-state index contributed by atoms with van der Waals surface area (Å²) in [6.45, 7) is 2.04. The minimum atomic E-state index is -4.40. The van der Waals surface area contributed by atoms with E-state index in [2.05, 4.69) is 5.32 Å². The Morgan fingerprint density at radius 1 is 1.11 bits per heavy atom. The van der Waals surface area contributed by atoms with E-state index >= 15 is 0 Å². The number of hydrogen-bond donors (Lipinski definition) is 1. The average molecular weight is 380 g/mol. The average Bonchev–Trinajstić information content (AvgIpc) is 2.61. The summed E-state index contributed by atoms with van der Waals surface area (Å²) in [7, 11) is 1.55. The second-order valence-electron chi connectivity index (χ2n) is 5.78. The van der Waals surface area contributed by atoms with E-state index in [1.54, 1.807) is 32.2 Å². The summed E-state index contributed by atoms with van der Waals surface area (Å²) in [6, 6.07) is 11.0. The van der Waals surface area contributed by atoms with Crippen molar-refractivity contribution in [2.24, 2.45) is 0 Å². The van der Waals surface area contributed by atoms with Gasteiger partial charge in [-0.3, -0.25) is 10.1 Å². The monoisotopic (exact) mass is 380 g/mol. The third kappa shape index (κ3) is 5.73. The van der Waals surface area contributed by atoms with Crippen molar-refractivity contribution in [2.75, 3.05) is 19.0 Å². The number of nitrogens with zero attached hydrogens (tertiary/aromatic N) is 1. The molecule has 27 heavy (non-hydrogen) atoms. The maximum atomic E-state index is 12.6. The van der Waals surface area contributed by atoms with E-state index in [-0.39, 0.29) is 19.1 Å². The lowest BCUT2D eigenvalue weighted by Gasteiger charge is -2.18. The molecule has 2 aromatic rings. The largest absolute Gasteiger partial charge is 0.450 e. The van der Waals surface area contributed by atoms with Crippen LogP contribution in [0.3, 0.4) is 0 Å². The molecule has 2 aromatic carbocycles. The van der Waals surface area contributed by atoms with Gasteiger partial charge < -0.3 is 9.64 Å². The normalized spacial score (nSPS) is 11.0. The molecule has 2 amide bonds. The highest BCUT2D eigenvalue weighted by atomic mass is 19.4. The molecule has 0 spiro atoms. The van der Waals surface area contributed by atoms with E-state index in [4.69, 9.17) is 4.74 Å². The van der Waals surface area contributed by atoms with Gasteiger partial charge in [0.15, 0.2) is 0 Å². The number of anilines is 1. The zero-order valence-corrected chi connectivity index (χ0v) is 14.8. The Bertz CT molecular complexity index is 805. The van der Waals surface area contributed by atoms with Crippen molar-refractivity contribution in [3.63, 3.8) is 0 Å². The number of ether oxygens (including phenoxy) is 1. The molecule has 5 nitrogen and oxygen atoms in total. The Morgan fingerprint density at radius 3 is 2.37 bits per heavy atom. The van der Waals surface area contributed by atoms with E-state index in [0.717, 1.165) is 12.1 Å². The molecule has 8 heteroatoms. The van der Waals surface area contributed by atoms with Crippen LogP contribution in [0.2, 0.25) is 0 Å². The fourth-order valence-electron chi connectivity index (χ4n) is 2.38. The fraction of sp³-hybridized carbons (Fsp3) is 0.263. The second kappa shape index (κ2) is 8.57. The molecule has 0 aliphatic heterocycles. The number of halogens is 3. The number of benzene rings is 2. The first kappa shape index (κ1) is 20.3. The van der Waals surface area contributed by atoms with E-state index in [9.17, 15) is 22.8 Å². The zero-order chi connectivity index (χ0) is 20.0. The number of amides is 2. The van der Waals surface area contributed by atoms with Crippen molar-refractivity contribution < 1.29 is 27.5 Å². The highest BCUT2D eigenvalue weighted by molar-refractivity contribution is 5.96. The minimum Gasteiger partial charge on any atom is -0.450 e. The van der Waals surface area contributed by atoms with Crippen LogP contribution in [0.25, 0.3) is 0 Å².